The smallest absolute Gasteiger partial charge is 0.177 e. The third-order valence-electron chi connectivity index (χ3n) is 2.60. The number of aryl methyl sites for hydroxylation is 2. The number of aliphatic hydroxyl groups is 1. The van der Waals surface area contributed by atoms with Crippen LogP contribution in [0, 0.1) is 4.77 Å². The fraction of sp³-hybridized carbons (Fsp3) is 0.400. The number of imidazole rings is 2. The molecule has 0 aliphatic rings. The maximum absolute atomic E-state index is 9.14. The maximum Gasteiger partial charge on any atom is 0.177 e. The first-order valence-corrected chi connectivity index (χ1v) is 5.47. The molecule has 2 aromatic rings. The maximum atomic E-state index is 9.14. The number of hydrogen-bond donors (Lipinski definition) is 2. The average molecular weight is 238 g/mol. The van der Waals surface area contributed by atoms with Gasteiger partial charge in [0.25, 0.3) is 0 Å². The van der Waals surface area contributed by atoms with Gasteiger partial charge in [-0.05, 0) is 12.2 Å². The second-order valence-corrected chi connectivity index (χ2v) is 3.99. The molecule has 0 unspecified atom stereocenters. The lowest BCUT2D eigenvalue weighted by Crippen LogP contribution is -2.08. The molecule has 2 aromatic heterocycles. The van der Waals surface area contributed by atoms with Crippen molar-refractivity contribution in [3.8, 4) is 0 Å². The quantitative estimate of drug-likeness (QED) is 0.782. The minimum absolute atomic E-state index is 0.00624. The molecule has 0 amide bonds. The van der Waals surface area contributed by atoms with Gasteiger partial charge in [0.2, 0.25) is 0 Å². The van der Waals surface area contributed by atoms with Gasteiger partial charge in [0.15, 0.2) is 4.77 Å². The molecule has 0 bridgehead atoms. The predicted octanol–water partition coefficient (Wildman–Crippen LogP) is 1.01. The van der Waals surface area contributed by atoms with E-state index < -0.39 is 0 Å². The van der Waals surface area contributed by atoms with E-state index in [1.54, 1.807) is 12.4 Å². The summed E-state index contributed by atoms with van der Waals surface area (Å²) < 4.78 is 4.51. The van der Waals surface area contributed by atoms with Gasteiger partial charge in [-0.1, -0.05) is 0 Å². The van der Waals surface area contributed by atoms with Crippen molar-refractivity contribution in [1.29, 1.82) is 0 Å². The minimum Gasteiger partial charge on any atom is -0.390 e. The highest BCUT2D eigenvalue weighted by Gasteiger charge is 2.04. The third-order valence-corrected chi connectivity index (χ3v) is 2.93. The molecule has 0 atom stereocenters. The minimum atomic E-state index is -0.00624. The molecule has 0 aromatic carbocycles. The molecular weight excluding hydrogens is 224 g/mol. The monoisotopic (exact) mass is 238 g/mol. The SMILES string of the molecule is Cn1ccnc1CCn1c(CO)c[nH]c1=S. The Labute approximate surface area is 98.4 Å². The number of hydrogen-bond acceptors (Lipinski definition) is 3. The van der Waals surface area contributed by atoms with E-state index in [2.05, 4.69) is 9.97 Å². The van der Waals surface area contributed by atoms with Crippen LogP contribution in [0.4, 0.5) is 0 Å². The number of nitrogens with one attached hydrogen (secondary N) is 1. The van der Waals surface area contributed by atoms with Crippen molar-refractivity contribution in [3.63, 3.8) is 0 Å². The third kappa shape index (κ3) is 2.07. The first-order valence-electron chi connectivity index (χ1n) is 5.06. The summed E-state index contributed by atoms with van der Waals surface area (Å²) >= 11 is 5.14. The normalized spacial score (nSPS) is 10.9. The van der Waals surface area contributed by atoms with Crippen molar-refractivity contribution in [2.24, 2.45) is 7.05 Å². The fourth-order valence-corrected chi connectivity index (χ4v) is 1.92. The van der Waals surface area contributed by atoms with Gasteiger partial charge in [-0.2, -0.15) is 0 Å². The van der Waals surface area contributed by atoms with Crippen LogP contribution in [-0.2, 0) is 26.6 Å². The lowest BCUT2D eigenvalue weighted by atomic mass is 10.4. The molecule has 2 rings (SSSR count). The van der Waals surface area contributed by atoms with E-state index >= 15 is 0 Å². The van der Waals surface area contributed by atoms with Gasteiger partial charge < -0.3 is 19.2 Å². The number of H-pyrrole nitrogens is 1. The van der Waals surface area contributed by atoms with Gasteiger partial charge in [-0.3, -0.25) is 0 Å². The molecule has 86 valence electrons. The van der Waals surface area contributed by atoms with Crippen molar-refractivity contribution in [2.45, 2.75) is 19.6 Å². The predicted molar refractivity (Wildman–Crippen MR) is 62.5 cm³/mol. The van der Waals surface area contributed by atoms with E-state index in [1.807, 2.05) is 22.4 Å². The fourth-order valence-electron chi connectivity index (χ4n) is 1.66. The Morgan fingerprint density at radius 3 is 3.00 bits per heavy atom. The molecule has 2 N–H and O–H groups in total. The van der Waals surface area contributed by atoms with E-state index in [4.69, 9.17) is 17.3 Å². The number of rotatable bonds is 4. The van der Waals surface area contributed by atoms with Crippen molar-refractivity contribution in [3.05, 3.63) is 34.9 Å². The molecule has 5 nitrogen and oxygen atoms in total. The molecular formula is C10H14N4OS. The van der Waals surface area contributed by atoms with E-state index in [-0.39, 0.29) is 6.61 Å². The average Bonchev–Trinajstić information content (AvgIpc) is 2.82. The molecule has 0 saturated carbocycles. The first-order chi connectivity index (χ1) is 7.72. The van der Waals surface area contributed by atoms with Gasteiger partial charge in [0, 0.05) is 38.6 Å². The summed E-state index contributed by atoms with van der Waals surface area (Å²) in [6, 6.07) is 0. The van der Waals surface area contributed by atoms with E-state index in [0.717, 1.165) is 24.5 Å². The van der Waals surface area contributed by atoms with Gasteiger partial charge in [0.05, 0.1) is 12.3 Å². The van der Waals surface area contributed by atoms with Crippen LogP contribution in [-0.4, -0.2) is 24.2 Å². The van der Waals surface area contributed by atoms with Gasteiger partial charge in [-0.15, -0.1) is 0 Å². The molecule has 0 radical (unpaired) electrons. The van der Waals surface area contributed by atoms with Crippen LogP contribution in [0.25, 0.3) is 0 Å². The number of aromatic amines is 1. The molecule has 16 heavy (non-hydrogen) atoms. The van der Waals surface area contributed by atoms with Crippen LogP contribution in [0.1, 0.15) is 11.5 Å². The zero-order valence-corrected chi connectivity index (χ0v) is 9.87. The summed E-state index contributed by atoms with van der Waals surface area (Å²) in [6.45, 7) is 0.719. The van der Waals surface area contributed by atoms with Crippen LogP contribution < -0.4 is 0 Å². The van der Waals surface area contributed by atoms with E-state index in [1.165, 1.54) is 0 Å². The number of nitrogens with zero attached hydrogens (tertiary/aromatic N) is 3. The number of aliphatic hydroxyl groups excluding tert-OH is 1. The van der Waals surface area contributed by atoms with E-state index in [9.17, 15) is 0 Å². The Bertz CT molecular complexity index is 525. The second kappa shape index (κ2) is 4.63. The van der Waals surface area contributed by atoms with Gasteiger partial charge in [0.1, 0.15) is 5.82 Å². The molecule has 6 heteroatoms. The Hall–Kier alpha value is -1.40. The van der Waals surface area contributed by atoms with Crippen LogP contribution in [0.2, 0.25) is 0 Å². The zero-order chi connectivity index (χ0) is 11.5. The highest BCUT2D eigenvalue weighted by atomic mass is 32.1. The van der Waals surface area contributed by atoms with Crippen molar-refractivity contribution < 1.29 is 5.11 Å². The summed E-state index contributed by atoms with van der Waals surface area (Å²) in [5, 5.41) is 9.14. The lowest BCUT2D eigenvalue weighted by molar-refractivity contribution is 0.270. The van der Waals surface area contributed by atoms with Crippen LogP contribution in [0.5, 0.6) is 0 Å². The Morgan fingerprint density at radius 2 is 2.38 bits per heavy atom. The Morgan fingerprint density at radius 1 is 1.56 bits per heavy atom. The molecule has 0 aliphatic heterocycles. The first kappa shape index (κ1) is 11.1. The summed E-state index contributed by atoms with van der Waals surface area (Å²) in [5.41, 5.74) is 0.805. The summed E-state index contributed by atoms with van der Waals surface area (Å²) in [4.78, 5) is 7.17. The summed E-state index contributed by atoms with van der Waals surface area (Å²) in [5.74, 6) is 1.01. The van der Waals surface area contributed by atoms with Gasteiger partial charge in [-0.25, -0.2) is 4.98 Å². The number of aromatic nitrogens is 4. The van der Waals surface area contributed by atoms with Crippen LogP contribution in [0.3, 0.4) is 0 Å². The van der Waals surface area contributed by atoms with Crippen molar-refractivity contribution in [1.82, 2.24) is 19.1 Å². The van der Waals surface area contributed by atoms with E-state index in [0.29, 0.717) is 4.77 Å². The van der Waals surface area contributed by atoms with Crippen molar-refractivity contribution in [2.75, 3.05) is 0 Å². The zero-order valence-electron chi connectivity index (χ0n) is 9.05. The van der Waals surface area contributed by atoms with Crippen LogP contribution in [0.15, 0.2) is 18.6 Å². The molecule has 0 fully saturated rings. The Kier molecular flexibility index (Phi) is 3.21. The topological polar surface area (TPSA) is 58.8 Å². The standard InChI is InChI=1S/C10H14N4OS/c1-13-5-3-11-9(13)2-4-14-8(7-15)6-12-10(14)16/h3,5-6,15H,2,4,7H2,1H3,(H,12,16). The molecule has 2 heterocycles. The van der Waals surface area contributed by atoms with Crippen LogP contribution >= 0.6 is 12.2 Å². The molecule has 0 aliphatic carbocycles. The second-order valence-electron chi connectivity index (χ2n) is 3.60. The van der Waals surface area contributed by atoms with Gasteiger partial charge >= 0.3 is 0 Å². The highest BCUT2D eigenvalue weighted by Crippen LogP contribution is 2.04. The summed E-state index contributed by atoms with van der Waals surface area (Å²) in [6.07, 6.45) is 6.22. The lowest BCUT2D eigenvalue weighted by Gasteiger charge is -2.06. The molecule has 0 saturated heterocycles. The van der Waals surface area contributed by atoms with Crippen molar-refractivity contribution >= 4 is 12.2 Å². The Balaban J connectivity index is 2.13. The largest absolute Gasteiger partial charge is 0.390 e. The highest BCUT2D eigenvalue weighted by molar-refractivity contribution is 7.71. The summed E-state index contributed by atoms with van der Waals surface area (Å²) in [7, 11) is 1.96. The molecule has 0 spiro atoms.